The monoisotopic (exact) mass is 255 g/mol. The number of alkyl halides is 1. The van der Waals surface area contributed by atoms with Crippen molar-refractivity contribution >= 4 is 29.2 Å². The Balaban J connectivity index is 2.46. The van der Waals surface area contributed by atoms with E-state index in [1.807, 2.05) is 0 Å². The van der Waals surface area contributed by atoms with Crippen molar-refractivity contribution in [3.63, 3.8) is 0 Å². The van der Waals surface area contributed by atoms with Gasteiger partial charge in [0.05, 0.1) is 5.56 Å². The van der Waals surface area contributed by atoms with Gasteiger partial charge in [-0.05, 0) is 37.1 Å². The van der Waals surface area contributed by atoms with E-state index in [9.17, 15) is 9.59 Å². The highest BCUT2D eigenvalue weighted by Crippen LogP contribution is 2.10. The summed E-state index contributed by atoms with van der Waals surface area (Å²) in [4.78, 5) is 22.0. The number of carboxylic acid groups (broad SMARTS) is 1. The summed E-state index contributed by atoms with van der Waals surface area (Å²) in [6.07, 6.45) is 1.99. The zero-order valence-electron chi connectivity index (χ0n) is 9.28. The first-order chi connectivity index (χ1) is 8.13. The van der Waals surface area contributed by atoms with Gasteiger partial charge >= 0.3 is 5.97 Å². The summed E-state index contributed by atoms with van der Waals surface area (Å²) in [5.74, 6) is -0.510. The number of rotatable bonds is 6. The van der Waals surface area contributed by atoms with Crippen molar-refractivity contribution < 1.29 is 14.7 Å². The van der Waals surface area contributed by atoms with Crippen molar-refractivity contribution in [2.45, 2.75) is 19.3 Å². The van der Waals surface area contributed by atoms with E-state index in [0.717, 1.165) is 12.8 Å². The Labute approximate surface area is 105 Å². The highest BCUT2D eigenvalue weighted by molar-refractivity contribution is 6.17. The van der Waals surface area contributed by atoms with Gasteiger partial charge in [0.2, 0.25) is 5.91 Å². The summed E-state index contributed by atoms with van der Waals surface area (Å²) in [5, 5.41) is 11.4. The van der Waals surface area contributed by atoms with E-state index in [1.165, 1.54) is 12.1 Å². The standard InChI is InChI=1S/C12H14ClNO3/c13-8-2-1-3-11(15)14-10-6-4-9(5-7-10)12(16)17/h4-7H,1-3,8H2,(H,14,15)(H,16,17). The molecule has 0 aliphatic carbocycles. The highest BCUT2D eigenvalue weighted by Gasteiger charge is 2.04. The normalized spacial score (nSPS) is 9.94. The number of nitrogens with one attached hydrogen (secondary N) is 1. The molecule has 0 saturated heterocycles. The fourth-order valence-corrected chi connectivity index (χ4v) is 1.49. The molecule has 0 atom stereocenters. The molecule has 0 unspecified atom stereocenters. The number of hydrogen-bond acceptors (Lipinski definition) is 2. The number of carbonyl (C=O) groups is 2. The van der Waals surface area contributed by atoms with Crippen molar-refractivity contribution in [2.24, 2.45) is 0 Å². The minimum Gasteiger partial charge on any atom is -0.478 e. The molecule has 17 heavy (non-hydrogen) atoms. The Bertz CT molecular complexity index is 389. The van der Waals surface area contributed by atoms with E-state index in [2.05, 4.69) is 5.32 Å². The van der Waals surface area contributed by atoms with Crippen LogP contribution in [0.1, 0.15) is 29.6 Å². The first-order valence-electron chi connectivity index (χ1n) is 5.32. The van der Waals surface area contributed by atoms with Crippen LogP contribution >= 0.6 is 11.6 Å². The molecule has 0 fully saturated rings. The summed E-state index contributed by atoms with van der Waals surface area (Å²) in [5.41, 5.74) is 0.802. The molecule has 0 saturated carbocycles. The number of amides is 1. The number of carboxylic acids is 1. The average molecular weight is 256 g/mol. The van der Waals surface area contributed by atoms with Crippen LogP contribution in [-0.4, -0.2) is 22.9 Å². The van der Waals surface area contributed by atoms with Crippen LogP contribution < -0.4 is 5.32 Å². The lowest BCUT2D eigenvalue weighted by atomic mass is 10.2. The summed E-state index contributed by atoms with van der Waals surface area (Å²) in [6.45, 7) is 0. The minimum atomic E-state index is -0.981. The number of carbonyl (C=O) groups excluding carboxylic acids is 1. The third-order valence-corrected chi connectivity index (χ3v) is 2.47. The number of benzene rings is 1. The molecule has 5 heteroatoms. The molecule has 0 bridgehead atoms. The van der Waals surface area contributed by atoms with E-state index >= 15 is 0 Å². The molecule has 0 aliphatic rings. The highest BCUT2D eigenvalue weighted by atomic mass is 35.5. The van der Waals surface area contributed by atoms with Crippen LogP contribution in [0.4, 0.5) is 5.69 Å². The van der Waals surface area contributed by atoms with Gasteiger partial charge in [-0.1, -0.05) is 0 Å². The number of unbranched alkanes of at least 4 members (excludes halogenated alkanes) is 1. The second-order valence-corrected chi connectivity index (χ2v) is 3.95. The first kappa shape index (κ1) is 13.5. The van der Waals surface area contributed by atoms with Crippen molar-refractivity contribution in [3.8, 4) is 0 Å². The van der Waals surface area contributed by atoms with Crippen molar-refractivity contribution in [1.29, 1.82) is 0 Å². The predicted molar refractivity (Wildman–Crippen MR) is 66.6 cm³/mol. The summed E-state index contributed by atoms with van der Waals surface area (Å²) >= 11 is 5.50. The SMILES string of the molecule is O=C(CCCCCl)Nc1ccc(C(=O)O)cc1. The molecule has 1 aromatic rings. The summed E-state index contributed by atoms with van der Waals surface area (Å²) in [6, 6.07) is 6.05. The largest absolute Gasteiger partial charge is 0.478 e. The van der Waals surface area contributed by atoms with Crippen LogP contribution in [0.15, 0.2) is 24.3 Å². The van der Waals surface area contributed by atoms with Crippen LogP contribution in [-0.2, 0) is 4.79 Å². The maximum absolute atomic E-state index is 11.4. The molecule has 0 aromatic heterocycles. The Morgan fingerprint density at radius 2 is 1.82 bits per heavy atom. The van der Waals surface area contributed by atoms with E-state index in [0.29, 0.717) is 18.0 Å². The van der Waals surface area contributed by atoms with Gasteiger partial charge in [-0.15, -0.1) is 11.6 Å². The zero-order valence-corrected chi connectivity index (χ0v) is 10.0. The molecule has 1 aromatic carbocycles. The number of hydrogen-bond donors (Lipinski definition) is 2. The van der Waals surface area contributed by atoms with E-state index in [1.54, 1.807) is 12.1 Å². The van der Waals surface area contributed by atoms with Gasteiger partial charge in [0.1, 0.15) is 0 Å². The Hall–Kier alpha value is -1.55. The maximum atomic E-state index is 11.4. The van der Waals surface area contributed by atoms with Gasteiger partial charge in [-0.2, -0.15) is 0 Å². The van der Waals surface area contributed by atoms with E-state index < -0.39 is 5.97 Å². The van der Waals surface area contributed by atoms with Gasteiger partial charge < -0.3 is 10.4 Å². The molecule has 92 valence electrons. The third-order valence-electron chi connectivity index (χ3n) is 2.20. The fourth-order valence-electron chi connectivity index (χ4n) is 1.30. The van der Waals surface area contributed by atoms with Gasteiger partial charge in [0.15, 0.2) is 0 Å². The Morgan fingerprint density at radius 1 is 1.18 bits per heavy atom. The lowest BCUT2D eigenvalue weighted by molar-refractivity contribution is -0.116. The van der Waals surface area contributed by atoms with E-state index in [4.69, 9.17) is 16.7 Å². The quantitative estimate of drug-likeness (QED) is 0.607. The van der Waals surface area contributed by atoms with E-state index in [-0.39, 0.29) is 11.5 Å². The third kappa shape index (κ3) is 4.87. The van der Waals surface area contributed by atoms with Gasteiger partial charge in [0, 0.05) is 18.0 Å². The molecule has 0 spiro atoms. The predicted octanol–water partition coefficient (Wildman–Crippen LogP) is 2.73. The summed E-state index contributed by atoms with van der Waals surface area (Å²) in [7, 11) is 0. The van der Waals surface area contributed by atoms with Crippen LogP contribution in [0.2, 0.25) is 0 Å². The number of halogens is 1. The number of anilines is 1. The van der Waals surface area contributed by atoms with Gasteiger partial charge in [-0.3, -0.25) is 4.79 Å². The smallest absolute Gasteiger partial charge is 0.335 e. The molecule has 2 N–H and O–H groups in total. The second-order valence-electron chi connectivity index (χ2n) is 3.58. The molecule has 4 nitrogen and oxygen atoms in total. The van der Waals surface area contributed by atoms with Crippen LogP contribution in [0.3, 0.4) is 0 Å². The molecule has 0 radical (unpaired) electrons. The Morgan fingerprint density at radius 3 is 2.35 bits per heavy atom. The van der Waals surface area contributed by atoms with Crippen LogP contribution in [0.5, 0.6) is 0 Å². The second kappa shape index (κ2) is 6.91. The lowest BCUT2D eigenvalue weighted by Crippen LogP contribution is -2.11. The van der Waals surface area contributed by atoms with Crippen molar-refractivity contribution in [2.75, 3.05) is 11.2 Å². The maximum Gasteiger partial charge on any atom is 0.335 e. The summed E-state index contributed by atoms with van der Waals surface area (Å²) < 4.78 is 0. The van der Waals surface area contributed by atoms with Crippen LogP contribution in [0, 0.1) is 0 Å². The molecule has 1 amide bonds. The average Bonchev–Trinajstić information content (AvgIpc) is 2.30. The molecule has 0 aliphatic heterocycles. The molecule has 1 rings (SSSR count). The first-order valence-corrected chi connectivity index (χ1v) is 5.86. The van der Waals surface area contributed by atoms with Crippen LogP contribution in [0.25, 0.3) is 0 Å². The molecular formula is C12H14ClNO3. The molecular weight excluding hydrogens is 242 g/mol. The number of aromatic carboxylic acids is 1. The lowest BCUT2D eigenvalue weighted by Gasteiger charge is -2.04. The van der Waals surface area contributed by atoms with Gasteiger partial charge in [-0.25, -0.2) is 4.79 Å². The Kier molecular flexibility index (Phi) is 5.49. The van der Waals surface area contributed by atoms with Gasteiger partial charge in [0.25, 0.3) is 0 Å². The van der Waals surface area contributed by atoms with Crippen molar-refractivity contribution in [3.05, 3.63) is 29.8 Å². The molecule has 0 heterocycles. The topological polar surface area (TPSA) is 66.4 Å². The van der Waals surface area contributed by atoms with Crippen molar-refractivity contribution in [1.82, 2.24) is 0 Å². The minimum absolute atomic E-state index is 0.0850. The zero-order chi connectivity index (χ0) is 12.7. The fraction of sp³-hybridized carbons (Fsp3) is 0.333.